The normalized spacial score (nSPS) is 27.2. The average molecular weight is 287 g/mol. The van der Waals surface area contributed by atoms with E-state index in [-0.39, 0.29) is 17.9 Å². The van der Waals surface area contributed by atoms with Crippen molar-refractivity contribution in [3.63, 3.8) is 0 Å². The van der Waals surface area contributed by atoms with Gasteiger partial charge in [0.25, 0.3) is 0 Å². The zero-order valence-electron chi connectivity index (χ0n) is 12.7. The molecule has 2 aliphatic rings. The maximum Gasteiger partial charge on any atom is 0.410 e. The number of rotatable bonds is 2. The third-order valence-electron chi connectivity index (χ3n) is 4.10. The van der Waals surface area contributed by atoms with Gasteiger partial charge in [-0.1, -0.05) is 30.3 Å². The number of likely N-dealkylation sites (tertiary alicyclic amines) is 1. The van der Waals surface area contributed by atoms with Crippen LogP contribution in [0.4, 0.5) is 4.79 Å². The summed E-state index contributed by atoms with van der Waals surface area (Å²) >= 11 is 0. The highest BCUT2D eigenvalue weighted by Gasteiger charge is 2.57. The molecule has 0 N–H and O–H groups in total. The third-order valence-corrected chi connectivity index (χ3v) is 4.10. The van der Waals surface area contributed by atoms with E-state index in [1.54, 1.807) is 4.90 Å². The molecule has 1 saturated carbocycles. The summed E-state index contributed by atoms with van der Waals surface area (Å²) in [5.74, 6) is 0.812. The van der Waals surface area contributed by atoms with Crippen LogP contribution < -0.4 is 0 Å². The van der Waals surface area contributed by atoms with Gasteiger partial charge in [-0.2, -0.15) is 0 Å². The van der Waals surface area contributed by atoms with Crippen LogP contribution >= 0.6 is 0 Å². The van der Waals surface area contributed by atoms with Crippen molar-refractivity contribution in [2.45, 2.75) is 38.8 Å². The van der Waals surface area contributed by atoms with E-state index in [9.17, 15) is 9.59 Å². The van der Waals surface area contributed by atoms with E-state index in [4.69, 9.17) is 4.74 Å². The molecule has 1 amide bonds. The summed E-state index contributed by atoms with van der Waals surface area (Å²) in [6.07, 6.45) is 0.673. The van der Waals surface area contributed by atoms with Gasteiger partial charge >= 0.3 is 6.09 Å². The number of hydrogen-bond donors (Lipinski definition) is 0. The van der Waals surface area contributed by atoms with Gasteiger partial charge in [0.05, 0.1) is 0 Å². The number of carbonyl (C=O) groups excluding carboxylic acids is 2. The summed E-state index contributed by atoms with van der Waals surface area (Å²) in [7, 11) is 0. The molecule has 1 aromatic carbocycles. The molecule has 2 fully saturated rings. The molecule has 1 aromatic rings. The van der Waals surface area contributed by atoms with Crippen molar-refractivity contribution >= 4 is 11.9 Å². The minimum atomic E-state index is -0.537. The molecule has 0 radical (unpaired) electrons. The quantitative estimate of drug-likeness (QED) is 0.785. The Hall–Kier alpha value is -1.84. The molecule has 1 heterocycles. The largest absolute Gasteiger partial charge is 0.444 e. The number of hydrogen-bond acceptors (Lipinski definition) is 3. The van der Waals surface area contributed by atoms with Gasteiger partial charge in [-0.3, -0.25) is 9.69 Å². The molecule has 0 aromatic heterocycles. The number of ketones is 1. The second kappa shape index (κ2) is 4.86. The summed E-state index contributed by atoms with van der Waals surface area (Å²) in [5, 5.41) is 0. The number of nitrogens with zero attached hydrogens (tertiary/aromatic N) is 1. The van der Waals surface area contributed by atoms with Gasteiger partial charge in [-0.15, -0.1) is 0 Å². The van der Waals surface area contributed by atoms with E-state index in [1.165, 1.54) is 0 Å². The number of Topliss-reactive ketones (excluding diaryl/α,β-unsaturated/α-hetero) is 1. The number of benzene rings is 1. The molecule has 4 heteroatoms. The van der Waals surface area contributed by atoms with Gasteiger partial charge < -0.3 is 4.74 Å². The molecule has 3 atom stereocenters. The van der Waals surface area contributed by atoms with E-state index < -0.39 is 5.60 Å². The molecule has 4 nitrogen and oxygen atoms in total. The van der Waals surface area contributed by atoms with Crippen LogP contribution in [-0.2, 0) is 4.74 Å². The van der Waals surface area contributed by atoms with E-state index in [2.05, 4.69) is 0 Å². The lowest BCUT2D eigenvalue weighted by molar-refractivity contribution is 0.0191. The Morgan fingerprint density at radius 2 is 1.86 bits per heavy atom. The topological polar surface area (TPSA) is 46.6 Å². The molecule has 112 valence electrons. The minimum Gasteiger partial charge on any atom is -0.444 e. The molecule has 1 aliphatic carbocycles. The van der Waals surface area contributed by atoms with Crippen molar-refractivity contribution in [3.05, 3.63) is 35.9 Å². The SMILES string of the molecule is CC(C)(C)OC(=O)N1C[C@@H]2C[C@@H]2[C@@H]1C(=O)c1ccccc1. The standard InChI is InChI=1S/C17H21NO3/c1-17(2,3)21-16(20)18-10-12-9-13(12)14(18)15(19)11-7-5-4-6-8-11/h4-8,12-14H,9-10H2,1-3H3/t12-,13-,14+/m0/s1. The monoisotopic (exact) mass is 287 g/mol. The van der Waals surface area contributed by atoms with Crippen molar-refractivity contribution in [2.24, 2.45) is 11.8 Å². The summed E-state index contributed by atoms with van der Waals surface area (Å²) in [4.78, 5) is 26.7. The Morgan fingerprint density at radius 1 is 1.19 bits per heavy atom. The van der Waals surface area contributed by atoms with Crippen LogP contribution in [0, 0.1) is 11.8 Å². The molecule has 1 aliphatic heterocycles. The zero-order chi connectivity index (χ0) is 15.2. The number of carbonyl (C=O) groups is 2. The number of piperidine rings is 1. The van der Waals surface area contributed by atoms with Crippen LogP contribution in [0.15, 0.2) is 30.3 Å². The Morgan fingerprint density at radius 3 is 2.48 bits per heavy atom. The molecule has 0 spiro atoms. The van der Waals surface area contributed by atoms with Crippen LogP contribution in [0.5, 0.6) is 0 Å². The van der Waals surface area contributed by atoms with Gasteiger partial charge in [0.15, 0.2) is 5.78 Å². The first kappa shape index (κ1) is 14.1. The maximum atomic E-state index is 12.7. The highest BCUT2D eigenvalue weighted by molar-refractivity contribution is 6.02. The zero-order valence-corrected chi connectivity index (χ0v) is 12.7. The molecule has 1 saturated heterocycles. The second-order valence-electron chi connectivity index (χ2n) is 6.97. The van der Waals surface area contributed by atoms with E-state index >= 15 is 0 Å². The number of fused-ring (bicyclic) bond motifs is 1. The number of amides is 1. The van der Waals surface area contributed by atoms with Gasteiger partial charge in [-0.25, -0.2) is 4.79 Å². The Kier molecular flexibility index (Phi) is 3.27. The maximum absolute atomic E-state index is 12.7. The minimum absolute atomic E-state index is 0.0338. The first-order chi connectivity index (χ1) is 9.87. The van der Waals surface area contributed by atoms with E-state index in [1.807, 2.05) is 51.1 Å². The fourth-order valence-electron chi connectivity index (χ4n) is 3.08. The van der Waals surface area contributed by atoms with Gasteiger partial charge in [0, 0.05) is 12.1 Å². The lowest BCUT2D eigenvalue weighted by atomic mass is 10.0. The van der Waals surface area contributed by atoms with Gasteiger partial charge in [-0.05, 0) is 39.0 Å². The fourth-order valence-corrected chi connectivity index (χ4v) is 3.08. The average Bonchev–Trinajstić information content (AvgIpc) is 3.08. The Balaban J connectivity index is 1.79. The van der Waals surface area contributed by atoms with Crippen LogP contribution in [0.25, 0.3) is 0 Å². The first-order valence-corrected chi connectivity index (χ1v) is 7.46. The Bertz CT molecular complexity index is 561. The summed E-state index contributed by atoms with van der Waals surface area (Å²) in [6.45, 7) is 6.17. The van der Waals surface area contributed by atoms with Crippen molar-refractivity contribution in [1.29, 1.82) is 0 Å². The third kappa shape index (κ3) is 2.80. The molecular formula is C17H21NO3. The highest BCUT2D eigenvalue weighted by Crippen LogP contribution is 2.50. The first-order valence-electron chi connectivity index (χ1n) is 7.46. The summed E-state index contributed by atoms with van der Waals surface area (Å²) < 4.78 is 5.44. The smallest absolute Gasteiger partial charge is 0.410 e. The Labute approximate surface area is 125 Å². The molecule has 0 bridgehead atoms. The van der Waals surface area contributed by atoms with Crippen LogP contribution in [0.2, 0.25) is 0 Å². The van der Waals surface area contributed by atoms with E-state index in [0.29, 0.717) is 23.9 Å². The lowest BCUT2D eigenvalue weighted by Crippen LogP contribution is -2.45. The molecule has 0 unspecified atom stereocenters. The van der Waals surface area contributed by atoms with Crippen molar-refractivity contribution in [1.82, 2.24) is 4.90 Å². The molecular weight excluding hydrogens is 266 g/mol. The van der Waals surface area contributed by atoms with Crippen LogP contribution in [0.3, 0.4) is 0 Å². The highest BCUT2D eigenvalue weighted by atomic mass is 16.6. The molecule has 21 heavy (non-hydrogen) atoms. The molecule has 3 rings (SSSR count). The van der Waals surface area contributed by atoms with Crippen molar-refractivity contribution in [2.75, 3.05) is 6.54 Å². The second-order valence-corrected chi connectivity index (χ2v) is 6.97. The van der Waals surface area contributed by atoms with Crippen LogP contribution in [0.1, 0.15) is 37.6 Å². The number of ether oxygens (including phenoxy) is 1. The van der Waals surface area contributed by atoms with Gasteiger partial charge in [0.2, 0.25) is 0 Å². The fraction of sp³-hybridized carbons (Fsp3) is 0.529. The van der Waals surface area contributed by atoms with Crippen molar-refractivity contribution < 1.29 is 14.3 Å². The predicted molar refractivity (Wildman–Crippen MR) is 79.1 cm³/mol. The summed E-state index contributed by atoms with van der Waals surface area (Å²) in [6, 6.07) is 8.86. The van der Waals surface area contributed by atoms with Crippen molar-refractivity contribution in [3.8, 4) is 0 Å². The van der Waals surface area contributed by atoms with Gasteiger partial charge in [0.1, 0.15) is 11.6 Å². The van der Waals surface area contributed by atoms with E-state index in [0.717, 1.165) is 6.42 Å². The lowest BCUT2D eigenvalue weighted by Gasteiger charge is -2.29. The summed E-state index contributed by atoms with van der Waals surface area (Å²) in [5.41, 5.74) is 0.133. The van der Waals surface area contributed by atoms with Crippen LogP contribution in [-0.4, -0.2) is 35.0 Å². The predicted octanol–water partition coefficient (Wildman–Crippen LogP) is 3.12.